The summed E-state index contributed by atoms with van der Waals surface area (Å²) in [4.78, 5) is 25.6. The van der Waals surface area contributed by atoms with Gasteiger partial charge in [-0.1, -0.05) is 19.1 Å². The van der Waals surface area contributed by atoms with Crippen LogP contribution in [0.1, 0.15) is 52.8 Å². The van der Waals surface area contributed by atoms with Gasteiger partial charge in [-0.25, -0.2) is 4.98 Å². The van der Waals surface area contributed by atoms with Crippen LogP contribution in [0.2, 0.25) is 0 Å². The molecule has 0 bridgehead atoms. The van der Waals surface area contributed by atoms with E-state index in [-0.39, 0.29) is 0 Å². The number of aryl methyl sites for hydroxylation is 2. The number of carbonyl (C=O) groups excluding carboxylic acids is 1. The number of nitrogens with zero attached hydrogens (tertiary/aromatic N) is 2. The SMILES string of the molecule is CC1CC[NH+](Cc2nc(Oc3ccccc3C(N)=O)c3c4c(sc3n2)CCC4)CC1. The van der Waals surface area contributed by atoms with Gasteiger partial charge in [-0.15, -0.1) is 11.3 Å². The number of fused-ring (bicyclic) bond motifs is 3. The molecule has 7 heteroatoms. The fraction of sp³-hybridized carbons (Fsp3) is 0.435. The molecule has 30 heavy (non-hydrogen) atoms. The molecule has 0 saturated carbocycles. The third-order valence-electron chi connectivity index (χ3n) is 6.33. The van der Waals surface area contributed by atoms with Gasteiger partial charge in [0.15, 0.2) is 5.82 Å². The first-order valence-corrected chi connectivity index (χ1v) is 11.6. The van der Waals surface area contributed by atoms with Crippen LogP contribution >= 0.6 is 11.3 Å². The van der Waals surface area contributed by atoms with Crippen molar-refractivity contribution in [3.8, 4) is 11.6 Å². The van der Waals surface area contributed by atoms with E-state index in [4.69, 9.17) is 20.4 Å². The lowest BCUT2D eigenvalue weighted by atomic mass is 9.99. The standard InChI is InChI=1S/C23H26N4O2S/c1-14-9-11-27(12-10-14)13-19-25-22(29-17-7-3-2-5-15(17)21(24)28)20-16-6-4-8-18(16)30-23(20)26-19/h2-3,5,7,14H,4,6,8-13H2,1H3,(H2,24,28)/p+1. The molecule has 0 radical (unpaired) electrons. The van der Waals surface area contributed by atoms with Crippen molar-refractivity contribution in [2.24, 2.45) is 11.7 Å². The highest BCUT2D eigenvalue weighted by molar-refractivity contribution is 7.19. The first-order valence-electron chi connectivity index (χ1n) is 10.8. The Morgan fingerprint density at radius 3 is 2.83 bits per heavy atom. The smallest absolute Gasteiger partial charge is 0.252 e. The van der Waals surface area contributed by atoms with Crippen LogP contribution in [-0.2, 0) is 19.4 Å². The zero-order chi connectivity index (χ0) is 20.7. The molecule has 1 amide bonds. The molecule has 1 aliphatic carbocycles. The van der Waals surface area contributed by atoms with Crippen LogP contribution in [0, 0.1) is 5.92 Å². The van der Waals surface area contributed by atoms with Crippen LogP contribution in [0.5, 0.6) is 11.6 Å². The Labute approximate surface area is 180 Å². The number of nitrogens with two attached hydrogens (primary N) is 1. The number of hydrogen-bond donors (Lipinski definition) is 2. The van der Waals surface area contributed by atoms with Gasteiger partial charge in [-0.2, -0.15) is 4.98 Å². The van der Waals surface area contributed by atoms with E-state index < -0.39 is 5.91 Å². The highest BCUT2D eigenvalue weighted by atomic mass is 32.1. The largest absolute Gasteiger partial charge is 0.437 e. The third-order valence-corrected chi connectivity index (χ3v) is 7.51. The molecule has 2 aromatic heterocycles. The zero-order valence-electron chi connectivity index (χ0n) is 17.2. The number of quaternary nitrogens is 1. The van der Waals surface area contributed by atoms with Crippen LogP contribution in [-0.4, -0.2) is 29.0 Å². The summed E-state index contributed by atoms with van der Waals surface area (Å²) in [6, 6.07) is 7.10. The number of primary amides is 1. The second-order valence-electron chi connectivity index (χ2n) is 8.55. The molecule has 0 spiro atoms. The number of rotatable bonds is 5. The number of benzene rings is 1. The molecule has 0 atom stereocenters. The van der Waals surface area contributed by atoms with E-state index in [1.165, 1.54) is 28.2 Å². The number of nitrogens with one attached hydrogen (secondary N) is 1. The highest BCUT2D eigenvalue weighted by Crippen LogP contribution is 2.41. The molecule has 0 unspecified atom stereocenters. The van der Waals surface area contributed by atoms with Crippen molar-refractivity contribution < 1.29 is 14.4 Å². The van der Waals surface area contributed by atoms with E-state index in [0.29, 0.717) is 17.2 Å². The number of carbonyl (C=O) groups is 1. The molecule has 6 nitrogen and oxygen atoms in total. The van der Waals surface area contributed by atoms with Crippen molar-refractivity contribution in [1.29, 1.82) is 0 Å². The van der Waals surface area contributed by atoms with Gasteiger partial charge < -0.3 is 15.4 Å². The van der Waals surface area contributed by atoms with Crippen molar-refractivity contribution in [2.75, 3.05) is 13.1 Å². The average molecular weight is 424 g/mol. The van der Waals surface area contributed by atoms with Gasteiger partial charge in [0.25, 0.3) is 5.91 Å². The average Bonchev–Trinajstić information content (AvgIpc) is 3.31. The molecule has 156 valence electrons. The molecule has 3 heterocycles. The summed E-state index contributed by atoms with van der Waals surface area (Å²) < 4.78 is 6.26. The number of ether oxygens (including phenoxy) is 1. The summed E-state index contributed by atoms with van der Waals surface area (Å²) in [7, 11) is 0. The number of amides is 1. The lowest BCUT2D eigenvalue weighted by Gasteiger charge is -2.26. The van der Waals surface area contributed by atoms with Gasteiger partial charge in [0.05, 0.1) is 24.0 Å². The van der Waals surface area contributed by atoms with Crippen LogP contribution in [0.3, 0.4) is 0 Å². The lowest BCUT2D eigenvalue weighted by molar-refractivity contribution is -0.920. The molecule has 2 aliphatic rings. The number of aromatic nitrogens is 2. The molecule has 1 aliphatic heterocycles. The van der Waals surface area contributed by atoms with Crippen LogP contribution < -0.4 is 15.4 Å². The van der Waals surface area contributed by atoms with Gasteiger partial charge in [0.1, 0.15) is 17.1 Å². The van der Waals surface area contributed by atoms with E-state index in [0.717, 1.165) is 60.9 Å². The first kappa shape index (κ1) is 19.5. The van der Waals surface area contributed by atoms with E-state index in [1.54, 1.807) is 29.5 Å². The Balaban J connectivity index is 1.54. The topological polar surface area (TPSA) is 82.5 Å². The van der Waals surface area contributed by atoms with Crippen LogP contribution in [0.4, 0.5) is 0 Å². The normalized spacial score (nSPS) is 21.0. The highest BCUT2D eigenvalue weighted by Gasteiger charge is 2.26. The molecule has 1 fully saturated rings. The second kappa shape index (κ2) is 7.96. The maximum absolute atomic E-state index is 11.9. The Bertz CT molecular complexity index is 1100. The van der Waals surface area contributed by atoms with Gasteiger partial charge in [-0.3, -0.25) is 4.79 Å². The minimum atomic E-state index is -0.501. The summed E-state index contributed by atoms with van der Waals surface area (Å²) in [5.41, 5.74) is 7.24. The Hall–Kier alpha value is -2.51. The van der Waals surface area contributed by atoms with Gasteiger partial charge >= 0.3 is 0 Å². The van der Waals surface area contributed by atoms with E-state index in [1.807, 2.05) is 6.07 Å². The Morgan fingerprint density at radius 1 is 1.23 bits per heavy atom. The minimum absolute atomic E-state index is 0.369. The monoisotopic (exact) mass is 423 g/mol. The Morgan fingerprint density at radius 2 is 2.03 bits per heavy atom. The molecule has 3 N–H and O–H groups in total. The summed E-state index contributed by atoms with van der Waals surface area (Å²) in [5, 5.41) is 1.01. The van der Waals surface area contributed by atoms with Gasteiger partial charge in [0.2, 0.25) is 5.88 Å². The lowest BCUT2D eigenvalue weighted by Crippen LogP contribution is -3.11. The number of thiophene rings is 1. The van der Waals surface area contributed by atoms with E-state index in [2.05, 4.69) is 6.92 Å². The first-order chi connectivity index (χ1) is 14.6. The molecule has 1 aromatic carbocycles. The fourth-order valence-corrected chi connectivity index (χ4v) is 5.86. The quantitative estimate of drug-likeness (QED) is 0.661. The van der Waals surface area contributed by atoms with Gasteiger partial charge in [0, 0.05) is 4.88 Å². The van der Waals surface area contributed by atoms with E-state index in [9.17, 15) is 4.79 Å². The van der Waals surface area contributed by atoms with Crippen LogP contribution in [0.15, 0.2) is 24.3 Å². The predicted molar refractivity (Wildman–Crippen MR) is 117 cm³/mol. The summed E-state index contributed by atoms with van der Waals surface area (Å²) >= 11 is 1.77. The summed E-state index contributed by atoms with van der Waals surface area (Å²) in [6.45, 7) is 5.45. The summed E-state index contributed by atoms with van der Waals surface area (Å²) in [5.74, 6) is 2.14. The minimum Gasteiger partial charge on any atom is -0.437 e. The van der Waals surface area contributed by atoms with Crippen molar-refractivity contribution in [3.63, 3.8) is 0 Å². The van der Waals surface area contributed by atoms with Crippen molar-refractivity contribution in [2.45, 2.75) is 45.6 Å². The van der Waals surface area contributed by atoms with Gasteiger partial charge in [-0.05, 0) is 55.7 Å². The number of hydrogen-bond acceptors (Lipinski definition) is 5. The number of likely N-dealkylation sites (tertiary alicyclic amines) is 1. The maximum atomic E-state index is 11.9. The molecular formula is C23H27N4O2S+. The number of piperidine rings is 1. The third kappa shape index (κ3) is 3.68. The molecule has 5 rings (SSSR count). The van der Waals surface area contributed by atoms with E-state index >= 15 is 0 Å². The van der Waals surface area contributed by atoms with Crippen LogP contribution in [0.25, 0.3) is 10.2 Å². The molecule has 1 saturated heterocycles. The Kier molecular flexibility index (Phi) is 5.16. The molecular weight excluding hydrogens is 396 g/mol. The molecule has 3 aromatic rings. The zero-order valence-corrected chi connectivity index (χ0v) is 18.1. The summed E-state index contributed by atoms with van der Waals surface area (Å²) in [6.07, 6.45) is 5.78. The maximum Gasteiger partial charge on any atom is 0.252 e. The van der Waals surface area contributed by atoms with Crippen molar-refractivity contribution in [1.82, 2.24) is 9.97 Å². The van der Waals surface area contributed by atoms with Crippen molar-refractivity contribution >= 4 is 27.5 Å². The number of para-hydroxylation sites is 1. The second-order valence-corrected chi connectivity index (χ2v) is 9.64. The van der Waals surface area contributed by atoms with Crippen molar-refractivity contribution in [3.05, 3.63) is 46.1 Å². The fourth-order valence-electron chi connectivity index (χ4n) is 4.59. The predicted octanol–water partition coefficient (Wildman–Crippen LogP) is 2.89.